The quantitative estimate of drug-likeness (QED) is 0.0591. The second kappa shape index (κ2) is 18.5. The lowest BCUT2D eigenvalue weighted by molar-refractivity contribution is -0.00282. The Morgan fingerprint density at radius 1 is 0.956 bits per heavy atom. The molecular weight excluding hydrogens is 895 g/mol. The van der Waals surface area contributed by atoms with Gasteiger partial charge in [-0.3, -0.25) is 9.80 Å². The minimum atomic E-state index is -2.44. The molecule has 0 aliphatic carbocycles. The molecule has 0 N–H and O–H groups in total. The van der Waals surface area contributed by atoms with Crippen LogP contribution in [0.4, 0.5) is 28.2 Å². The van der Waals surface area contributed by atoms with Gasteiger partial charge in [0.05, 0.1) is 40.7 Å². The number of fused-ring (bicyclic) bond motifs is 5. The number of carbonyl (C=O) groups is 1. The summed E-state index contributed by atoms with van der Waals surface area (Å²) in [5.74, 6) is 0.519. The second-order valence-electron chi connectivity index (χ2n) is 21.6. The van der Waals surface area contributed by atoms with Crippen LogP contribution in [0.5, 0.6) is 17.5 Å². The summed E-state index contributed by atoms with van der Waals surface area (Å²) in [6, 6.07) is 5.49. The summed E-state index contributed by atoms with van der Waals surface area (Å²) < 4.78 is 97.1. The van der Waals surface area contributed by atoms with Crippen molar-refractivity contribution in [3.63, 3.8) is 0 Å². The van der Waals surface area contributed by atoms with Gasteiger partial charge in [0.1, 0.15) is 49.4 Å². The van der Waals surface area contributed by atoms with Gasteiger partial charge in [-0.25, -0.2) is 22.4 Å². The largest absolute Gasteiger partial charge is 0.493 e. The highest BCUT2D eigenvalue weighted by Crippen LogP contribution is 2.49. The average Bonchev–Trinajstić information content (AvgIpc) is 3.86. The molecule has 4 aromatic rings. The Morgan fingerprint density at radius 2 is 1.68 bits per heavy atom. The fraction of sp³-hybridized carbons (Fsp3) is 0.596. The van der Waals surface area contributed by atoms with Crippen molar-refractivity contribution in [1.29, 1.82) is 0 Å². The number of methoxy groups -OCH3 is 2. The first-order valence-electron chi connectivity index (χ1n) is 24.1. The number of benzene rings is 3. The van der Waals surface area contributed by atoms with Crippen LogP contribution in [0, 0.1) is 28.9 Å². The van der Waals surface area contributed by atoms with E-state index in [9.17, 15) is 9.18 Å². The minimum absolute atomic E-state index is 0.00885. The van der Waals surface area contributed by atoms with E-state index in [-0.39, 0.29) is 106 Å². The highest BCUT2D eigenvalue weighted by molar-refractivity contribution is 6.90. The van der Waals surface area contributed by atoms with Crippen LogP contribution in [-0.4, -0.2) is 117 Å². The van der Waals surface area contributed by atoms with Crippen molar-refractivity contribution in [2.24, 2.45) is 0 Å². The number of anilines is 1. The Balaban J connectivity index is 1.37. The Hall–Kier alpha value is -4.85. The van der Waals surface area contributed by atoms with E-state index in [0.717, 1.165) is 13.0 Å². The van der Waals surface area contributed by atoms with Gasteiger partial charge < -0.3 is 28.6 Å². The van der Waals surface area contributed by atoms with Crippen molar-refractivity contribution in [2.45, 2.75) is 147 Å². The van der Waals surface area contributed by atoms with Crippen LogP contribution in [0.15, 0.2) is 24.3 Å². The maximum Gasteiger partial charge on any atom is 0.411 e. The van der Waals surface area contributed by atoms with E-state index in [4.69, 9.17) is 33.7 Å². The number of rotatable bonds is 12. The smallest absolute Gasteiger partial charge is 0.411 e. The van der Waals surface area contributed by atoms with Gasteiger partial charge in [0.2, 0.25) is 0 Å². The first-order chi connectivity index (χ1) is 32.1. The zero-order chi connectivity index (χ0) is 49.2. The van der Waals surface area contributed by atoms with Gasteiger partial charge in [0, 0.05) is 44.1 Å². The van der Waals surface area contributed by atoms with E-state index >= 15 is 13.2 Å². The number of nitrogens with zero attached hydrogens (tertiary/aromatic N) is 5. The number of aromatic nitrogens is 2. The lowest BCUT2D eigenvalue weighted by Crippen LogP contribution is -2.63. The molecule has 368 valence electrons. The molecule has 4 atom stereocenters. The number of amides is 1. The monoisotopic (exact) mass is 961 g/mol. The molecule has 4 aliphatic rings. The Bertz CT molecular complexity index is 2650. The molecule has 5 heterocycles. The fourth-order valence-corrected chi connectivity index (χ4v) is 17.4. The van der Waals surface area contributed by atoms with E-state index in [2.05, 4.69) is 57.9 Å². The molecule has 68 heavy (non-hydrogen) atoms. The summed E-state index contributed by atoms with van der Waals surface area (Å²) >= 11 is 0. The van der Waals surface area contributed by atoms with Crippen molar-refractivity contribution in [3.05, 3.63) is 47.3 Å². The first kappa shape index (κ1) is 49.6. The second-order valence-corrected chi connectivity index (χ2v) is 27.1. The topological polar surface area (TPSA) is 98.7 Å². The summed E-state index contributed by atoms with van der Waals surface area (Å²) in [5.41, 5.74) is 1.40. The Kier molecular flexibility index (Phi) is 13.5. The third kappa shape index (κ3) is 8.63. The highest BCUT2D eigenvalue weighted by Gasteiger charge is 2.53. The van der Waals surface area contributed by atoms with Crippen LogP contribution in [0.1, 0.15) is 107 Å². The van der Waals surface area contributed by atoms with E-state index in [1.54, 1.807) is 17.0 Å². The highest BCUT2D eigenvalue weighted by atomic mass is 28.3. The molecule has 11 nitrogen and oxygen atoms in total. The van der Waals surface area contributed by atoms with Crippen molar-refractivity contribution >= 4 is 41.7 Å². The SMILES string of the molecule is COCOc1cc(-c2c(F)c(OC)c3c(N4CC5CCC(C)(C4)N5C(=O)OC(C)(C)C)nc(OC[C@@]45CCCN4C[C@H](F)C5)nc3c2F)c2c(C#C[Si](C(C)C)(C(C)C)C(C)C)c(F)ccc2c1. The lowest BCUT2D eigenvalue weighted by atomic mass is 9.92. The standard InChI is InChI=1S/C52H67F4N5O6Si/c1-30(2)68(31(3)4,32(5)6)21-17-37-39(54)15-14-33-22-36(66-29-63-11)23-38(40(33)37)41-43(55)45-42(46(64-12)44(41)56)47(58-48(57-45)65-28-52-18-13-20-60(52)25-34(53)24-52)59-26-35-16-19-51(10,27-59)61(35)49(62)67-50(7,8)9/h14-15,22-23,30-32,34-35H,13,16,18-20,24-29H2,1-12H3/t34-,35?,51?,52+/m1/s1. The molecule has 2 bridgehead atoms. The fourth-order valence-electron chi connectivity index (χ4n) is 12.2. The predicted molar refractivity (Wildman–Crippen MR) is 260 cm³/mol. The molecule has 16 heteroatoms. The van der Waals surface area contributed by atoms with Crippen molar-refractivity contribution in [3.8, 4) is 40.1 Å². The maximum absolute atomic E-state index is 18.3. The number of ether oxygens (including phenoxy) is 5. The van der Waals surface area contributed by atoms with Gasteiger partial charge in [-0.2, -0.15) is 9.97 Å². The van der Waals surface area contributed by atoms with Crippen molar-refractivity contribution in [1.82, 2.24) is 19.8 Å². The molecule has 0 spiro atoms. The van der Waals surface area contributed by atoms with Gasteiger partial charge in [0.15, 0.2) is 24.2 Å². The van der Waals surface area contributed by atoms with Crippen molar-refractivity contribution in [2.75, 3.05) is 58.7 Å². The number of hydrogen-bond donors (Lipinski definition) is 0. The average molecular weight is 962 g/mol. The van der Waals surface area contributed by atoms with E-state index in [1.165, 1.54) is 26.4 Å². The van der Waals surface area contributed by atoms with Gasteiger partial charge >= 0.3 is 12.1 Å². The molecule has 4 aliphatic heterocycles. The van der Waals surface area contributed by atoms with Crippen LogP contribution in [0.2, 0.25) is 16.6 Å². The van der Waals surface area contributed by atoms with Gasteiger partial charge in [-0.15, -0.1) is 5.54 Å². The number of halogens is 4. The Morgan fingerprint density at radius 3 is 2.32 bits per heavy atom. The van der Waals surface area contributed by atoms with E-state index in [0.29, 0.717) is 31.2 Å². The molecule has 4 fully saturated rings. The number of carbonyl (C=O) groups excluding carboxylic acids is 1. The van der Waals surface area contributed by atoms with Crippen LogP contribution < -0.4 is 19.1 Å². The molecule has 1 aromatic heterocycles. The molecular formula is C52H67F4N5O6Si. The Labute approximate surface area is 399 Å². The van der Waals surface area contributed by atoms with Crippen LogP contribution >= 0.6 is 0 Å². The van der Waals surface area contributed by atoms with Crippen molar-refractivity contribution < 1.29 is 46.0 Å². The number of alkyl halides is 1. The normalized spacial score (nSPS) is 23.0. The number of piperazine rings is 1. The molecule has 4 saturated heterocycles. The lowest BCUT2D eigenvalue weighted by Gasteiger charge is -2.47. The van der Waals surface area contributed by atoms with Crippen LogP contribution in [-0.2, 0) is 9.47 Å². The molecule has 8 rings (SSSR count). The summed E-state index contributed by atoms with van der Waals surface area (Å²) in [4.78, 5) is 29.1. The summed E-state index contributed by atoms with van der Waals surface area (Å²) in [6.45, 7) is 21.8. The summed E-state index contributed by atoms with van der Waals surface area (Å²) in [7, 11) is 0.315. The van der Waals surface area contributed by atoms with Gasteiger partial charge in [-0.05, 0) is 100 Å². The zero-order valence-electron chi connectivity index (χ0n) is 41.7. The van der Waals surface area contributed by atoms with Gasteiger partial charge in [0.25, 0.3) is 0 Å². The van der Waals surface area contributed by atoms with E-state index in [1.807, 2.05) is 32.6 Å². The number of hydrogen-bond acceptors (Lipinski definition) is 10. The van der Waals surface area contributed by atoms with E-state index < -0.39 is 60.0 Å². The predicted octanol–water partition coefficient (Wildman–Crippen LogP) is 11.4. The van der Waals surface area contributed by atoms with Gasteiger partial charge in [-0.1, -0.05) is 53.5 Å². The summed E-state index contributed by atoms with van der Waals surface area (Å²) in [6.07, 6.45) is 1.73. The molecule has 2 unspecified atom stereocenters. The zero-order valence-corrected chi connectivity index (χ0v) is 42.7. The summed E-state index contributed by atoms with van der Waals surface area (Å²) in [5, 5.41) is 0.586. The van der Waals surface area contributed by atoms with Crippen LogP contribution in [0.25, 0.3) is 32.8 Å². The minimum Gasteiger partial charge on any atom is -0.493 e. The molecule has 0 saturated carbocycles. The third-order valence-electron chi connectivity index (χ3n) is 15.1. The molecule has 0 radical (unpaired) electrons. The maximum atomic E-state index is 18.3. The molecule has 3 aromatic carbocycles. The first-order valence-corrected chi connectivity index (χ1v) is 26.3. The molecule has 1 amide bonds. The third-order valence-corrected chi connectivity index (χ3v) is 21.4. The van der Waals surface area contributed by atoms with Crippen LogP contribution in [0.3, 0.4) is 0 Å².